The summed E-state index contributed by atoms with van der Waals surface area (Å²) in [5, 5.41) is 2.77. The Morgan fingerprint density at radius 1 is 1.13 bits per heavy atom. The van der Waals surface area contributed by atoms with Crippen LogP contribution in [0.1, 0.15) is 43.3 Å². The van der Waals surface area contributed by atoms with Crippen molar-refractivity contribution in [1.82, 2.24) is 14.9 Å². The minimum Gasteiger partial charge on any atom is -0.340 e. The molecule has 2 heterocycles. The Morgan fingerprint density at radius 3 is 2.52 bits per heavy atom. The third-order valence-corrected chi connectivity index (χ3v) is 5.33. The van der Waals surface area contributed by atoms with Crippen LogP contribution in [-0.4, -0.2) is 45.6 Å². The highest BCUT2D eigenvalue weighted by Crippen LogP contribution is 2.20. The number of nitrogens with one attached hydrogen (secondary N) is 2. The molecule has 2 aromatic carbocycles. The molecule has 1 aliphatic heterocycles. The number of anilines is 1. The van der Waals surface area contributed by atoms with Crippen LogP contribution in [0.4, 0.5) is 10.1 Å². The third-order valence-electron chi connectivity index (χ3n) is 5.02. The fraction of sp³-hybridized carbons (Fsp3) is 0.182. The van der Waals surface area contributed by atoms with E-state index >= 15 is 0 Å². The summed E-state index contributed by atoms with van der Waals surface area (Å²) >= 11 is 5.95. The van der Waals surface area contributed by atoms with Crippen molar-refractivity contribution < 1.29 is 18.8 Å². The number of amides is 2. The number of hydrogen-bond acceptors (Lipinski definition) is 4. The Kier molecular flexibility index (Phi) is 5.81. The van der Waals surface area contributed by atoms with Crippen molar-refractivity contribution in [1.29, 1.82) is 0 Å². The molecule has 0 spiro atoms. The molecule has 4 rings (SSSR count). The maximum atomic E-state index is 13.2. The summed E-state index contributed by atoms with van der Waals surface area (Å²) in [7, 11) is 0. The number of carbonyl (C=O) groups excluding carboxylic acids is 3. The Morgan fingerprint density at radius 2 is 1.87 bits per heavy atom. The highest BCUT2D eigenvalue weighted by Gasteiger charge is 2.27. The highest BCUT2D eigenvalue weighted by molar-refractivity contribution is 6.34. The first-order chi connectivity index (χ1) is 14.9. The second-order valence-electron chi connectivity index (χ2n) is 7.15. The summed E-state index contributed by atoms with van der Waals surface area (Å²) in [6.07, 6.45) is 2.34. The lowest BCUT2D eigenvalue weighted by atomic mass is 10.0. The number of halogens is 2. The van der Waals surface area contributed by atoms with Crippen LogP contribution < -0.4 is 5.32 Å². The van der Waals surface area contributed by atoms with Gasteiger partial charge in [-0.1, -0.05) is 23.7 Å². The van der Waals surface area contributed by atoms with E-state index in [-0.39, 0.29) is 40.1 Å². The van der Waals surface area contributed by atoms with Gasteiger partial charge in [-0.05, 0) is 42.3 Å². The predicted octanol–water partition coefficient (Wildman–Crippen LogP) is 3.73. The van der Waals surface area contributed by atoms with Crippen LogP contribution in [0.25, 0.3) is 0 Å². The van der Waals surface area contributed by atoms with E-state index in [0.29, 0.717) is 24.3 Å². The van der Waals surface area contributed by atoms with Crippen LogP contribution in [0.15, 0.2) is 48.8 Å². The number of likely N-dealkylation sites (tertiary alicyclic amines) is 1. The maximum Gasteiger partial charge on any atom is 0.276 e. The molecule has 1 aliphatic rings. The molecule has 2 N–H and O–H groups in total. The van der Waals surface area contributed by atoms with Gasteiger partial charge in [-0.3, -0.25) is 14.4 Å². The van der Waals surface area contributed by atoms with Crippen LogP contribution >= 0.6 is 11.6 Å². The quantitative estimate of drug-likeness (QED) is 0.571. The summed E-state index contributed by atoms with van der Waals surface area (Å²) in [4.78, 5) is 45.8. The average molecular weight is 441 g/mol. The monoisotopic (exact) mass is 440 g/mol. The second kappa shape index (κ2) is 8.69. The maximum absolute atomic E-state index is 13.2. The molecule has 1 aromatic heterocycles. The van der Waals surface area contributed by atoms with Gasteiger partial charge in [-0.25, -0.2) is 9.37 Å². The van der Waals surface area contributed by atoms with Gasteiger partial charge in [-0.2, -0.15) is 0 Å². The zero-order valence-electron chi connectivity index (χ0n) is 16.3. The van der Waals surface area contributed by atoms with Gasteiger partial charge in [0.25, 0.3) is 11.8 Å². The van der Waals surface area contributed by atoms with Gasteiger partial charge in [0.05, 0.1) is 11.3 Å². The van der Waals surface area contributed by atoms with Crippen LogP contribution in [0, 0.1) is 5.82 Å². The van der Waals surface area contributed by atoms with Gasteiger partial charge >= 0.3 is 0 Å². The first kappa shape index (κ1) is 20.7. The number of ketones is 1. The summed E-state index contributed by atoms with van der Waals surface area (Å²) in [5.74, 6) is -1.50. The Balaban J connectivity index is 1.41. The topological polar surface area (TPSA) is 95.2 Å². The molecule has 0 bridgehead atoms. The van der Waals surface area contributed by atoms with Crippen molar-refractivity contribution in [2.24, 2.45) is 0 Å². The van der Waals surface area contributed by atoms with E-state index < -0.39 is 11.7 Å². The molecule has 158 valence electrons. The zero-order chi connectivity index (χ0) is 22.0. The molecule has 0 unspecified atom stereocenters. The highest BCUT2D eigenvalue weighted by atomic mass is 35.5. The number of benzene rings is 2. The Labute approximate surface area is 182 Å². The van der Waals surface area contributed by atoms with Gasteiger partial charge in [0, 0.05) is 30.8 Å². The minimum atomic E-state index is -0.507. The molecule has 1 saturated heterocycles. The van der Waals surface area contributed by atoms with Crippen LogP contribution in [0.3, 0.4) is 0 Å². The molecule has 0 saturated carbocycles. The molecular weight excluding hydrogens is 423 g/mol. The van der Waals surface area contributed by atoms with E-state index in [2.05, 4.69) is 15.3 Å². The summed E-state index contributed by atoms with van der Waals surface area (Å²) < 4.78 is 13.2. The summed E-state index contributed by atoms with van der Waals surface area (Å²) in [6, 6.07) is 10.3. The van der Waals surface area contributed by atoms with E-state index in [1.165, 1.54) is 18.5 Å². The largest absolute Gasteiger partial charge is 0.340 e. The number of aromatic amines is 1. The van der Waals surface area contributed by atoms with E-state index in [4.69, 9.17) is 11.6 Å². The van der Waals surface area contributed by atoms with Crippen LogP contribution in [0.5, 0.6) is 0 Å². The number of carbonyl (C=O) groups is 3. The number of aromatic nitrogens is 2. The molecule has 2 amide bonds. The van der Waals surface area contributed by atoms with Crippen LogP contribution in [-0.2, 0) is 6.42 Å². The molecule has 1 fully saturated rings. The van der Waals surface area contributed by atoms with E-state index in [1.54, 1.807) is 29.2 Å². The molecule has 3 aromatic rings. The first-order valence-corrected chi connectivity index (χ1v) is 10.0. The van der Waals surface area contributed by atoms with Crippen molar-refractivity contribution >= 4 is 34.9 Å². The fourth-order valence-corrected chi connectivity index (χ4v) is 3.47. The normalized spacial score (nSPS) is 12.9. The smallest absolute Gasteiger partial charge is 0.276 e. The number of H-pyrrole nitrogens is 1. The lowest BCUT2D eigenvalue weighted by molar-refractivity contribution is 0.0642. The fourth-order valence-electron chi connectivity index (χ4n) is 3.20. The van der Waals surface area contributed by atoms with Gasteiger partial charge in [0.2, 0.25) is 0 Å². The van der Waals surface area contributed by atoms with Crippen molar-refractivity contribution in [3.05, 3.63) is 82.1 Å². The second-order valence-corrected chi connectivity index (χ2v) is 7.55. The standard InChI is InChI=1S/C22H18ClFN4O3/c23-17-11-14(24)4-7-16(17)18(29)10-13-2-5-15(6-3-13)27-21(30)19-20(26-12-25-19)22(31)28-8-1-9-28/h2-7,11-12H,1,8-10H2,(H,25,26)(H,27,30). The average Bonchev–Trinajstić information content (AvgIpc) is 3.18. The van der Waals surface area contributed by atoms with E-state index in [0.717, 1.165) is 12.5 Å². The molecule has 31 heavy (non-hydrogen) atoms. The molecule has 7 nitrogen and oxygen atoms in total. The molecule has 0 aliphatic carbocycles. The van der Waals surface area contributed by atoms with Gasteiger partial charge in [0.1, 0.15) is 11.5 Å². The lowest BCUT2D eigenvalue weighted by Crippen LogP contribution is -2.42. The summed E-state index contributed by atoms with van der Waals surface area (Å²) in [5.41, 5.74) is 1.64. The number of hydrogen-bond donors (Lipinski definition) is 2. The van der Waals surface area contributed by atoms with Gasteiger partial charge in [-0.15, -0.1) is 0 Å². The number of rotatable bonds is 6. The molecule has 0 radical (unpaired) electrons. The lowest BCUT2D eigenvalue weighted by Gasteiger charge is -2.30. The zero-order valence-corrected chi connectivity index (χ0v) is 17.1. The predicted molar refractivity (Wildman–Crippen MR) is 113 cm³/mol. The van der Waals surface area contributed by atoms with Crippen molar-refractivity contribution in [2.75, 3.05) is 18.4 Å². The molecule has 9 heteroatoms. The Bertz CT molecular complexity index is 1160. The van der Waals surface area contributed by atoms with E-state index in [9.17, 15) is 18.8 Å². The number of Topliss-reactive ketones (excluding diaryl/α,β-unsaturated/α-hetero) is 1. The minimum absolute atomic E-state index is 0.0297. The first-order valence-electron chi connectivity index (χ1n) is 9.63. The molecule has 0 atom stereocenters. The molecular formula is C22H18ClFN4O3. The van der Waals surface area contributed by atoms with Gasteiger partial charge < -0.3 is 15.2 Å². The number of nitrogens with zero attached hydrogens (tertiary/aromatic N) is 2. The summed E-state index contributed by atoms with van der Waals surface area (Å²) in [6.45, 7) is 1.34. The van der Waals surface area contributed by atoms with E-state index in [1.807, 2.05) is 0 Å². The van der Waals surface area contributed by atoms with Gasteiger partial charge in [0.15, 0.2) is 11.5 Å². The van der Waals surface area contributed by atoms with Crippen molar-refractivity contribution in [3.63, 3.8) is 0 Å². The van der Waals surface area contributed by atoms with Crippen LogP contribution in [0.2, 0.25) is 5.02 Å². The Hall–Kier alpha value is -3.52. The van der Waals surface area contributed by atoms with Crippen molar-refractivity contribution in [3.8, 4) is 0 Å². The number of imidazole rings is 1. The SMILES string of the molecule is O=C(Cc1ccc(NC(=O)c2nc[nH]c2C(=O)N2CCC2)cc1)c1ccc(F)cc1Cl. The van der Waals surface area contributed by atoms with Crippen molar-refractivity contribution in [2.45, 2.75) is 12.8 Å². The third kappa shape index (κ3) is 4.49.